The maximum Gasteiger partial charge on any atom is 0.223 e. The van der Waals surface area contributed by atoms with Gasteiger partial charge in [-0.1, -0.05) is 61.4 Å². The van der Waals surface area contributed by atoms with Gasteiger partial charge in [0.2, 0.25) is 5.91 Å². The SMILES string of the molecule is CC(C)c1ccc(CC(O)/C=C/[C@H]2CCCC(=O)N2CC#CCCCc2nn[nH]n2)cc1. The van der Waals surface area contributed by atoms with Crippen molar-refractivity contribution < 1.29 is 9.90 Å². The quantitative estimate of drug-likeness (QED) is 0.358. The molecule has 0 radical (unpaired) electrons. The van der Waals surface area contributed by atoms with E-state index in [1.165, 1.54) is 5.56 Å². The molecular weight excluding hydrogens is 402 g/mol. The highest BCUT2D eigenvalue weighted by Gasteiger charge is 2.25. The number of aromatic nitrogens is 4. The van der Waals surface area contributed by atoms with Gasteiger partial charge in [0.05, 0.1) is 18.7 Å². The minimum Gasteiger partial charge on any atom is -0.389 e. The molecule has 1 aromatic heterocycles. The Morgan fingerprint density at radius 1 is 1.28 bits per heavy atom. The second-order valence-electron chi connectivity index (χ2n) is 8.57. The molecule has 1 unspecified atom stereocenters. The van der Waals surface area contributed by atoms with Crippen molar-refractivity contribution in [1.82, 2.24) is 25.5 Å². The molecule has 0 bridgehead atoms. The Morgan fingerprint density at radius 3 is 2.81 bits per heavy atom. The number of hydrogen-bond acceptors (Lipinski definition) is 5. The van der Waals surface area contributed by atoms with E-state index in [2.05, 4.69) is 70.6 Å². The number of aliphatic hydroxyl groups excluding tert-OH is 1. The molecule has 1 amide bonds. The lowest BCUT2D eigenvalue weighted by Gasteiger charge is -2.32. The number of hydrogen-bond donors (Lipinski definition) is 2. The van der Waals surface area contributed by atoms with Crippen LogP contribution in [0.15, 0.2) is 36.4 Å². The number of benzene rings is 1. The summed E-state index contributed by atoms with van der Waals surface area (Å²) in [5, 5.41) is 24.3. The fourth-order valence-electron chi connectivity index (χ4n) is 3.81. The van der Waals surface area contributed by atoms with Gasteiger partial charge in [0.15, 0.2) is 5.82 Å². The highest BCUT2D eigenvalue weighted by atomic mass is 16.3. The van der Waals surface area contributed by atoms with Crippen LogP contribution >= 0.6 is 0 Å². The predicted molar refractivity (Wildman–Crippen MR) is 124 cm³/mol. The van der Waals surface area contributed by atoms with Crippen LogP contribution in [0.25, 0.3) is 0 Å². The minimum atomic E-state index is -0.574. The van der Waals surface area contributed by atoms with Crippen LogP contribution in [0.2, 0.25) is 0 Å². The third kappa shape index (κ3) is 7.31. The zero-order valence-corrected chi connectivity index (χ0v) is 19.0. The summed E-state index contributed by atoms with van der Waals surface area (Å²) >= 11 is 0. The molecule has 7 heteroatoms. The van der Waals surface area contributed by atoms with Crippen LogP contribution in [-0.2, 0) is 17.6 Å². The van der Waals surface area contributed by atoms with Crippen molar-refractivity contribution in [3.63, 3.8) is 0 Å². The van der Waals surface area contributed by atoms with Crippen molar-refractivity contribution in [1.29, 1.82) is 0 Å². The average Bonchev–Trinajstić information content (AvgIpc) is 3.30. The zero-order chi connectivity index (χ0) is 22.8. The van der Waals surface area contributed by atoms with E-state index >= 15 is 0 Å². The Morgan fingerprint density at radius 2 is 2.09 bits per heavy atom. The summed E-state index contributed by atoms with van der Waals surface area (Å²) in [6, 6.07) is 8.40. The Kier molecular flexibility index (Phi) is 9.00. The lowest BCUT2D eigenvalue weighted by atomic mass is 9.98. The molecular formula is C25H33N5O2. The van der Waals surface area contributed by atoms with Gasteiger partial charge >= 0.3 is 0 Å². The van der Waals surface area contributed by atoms with Crippen molar-refractivity contribution in [3.05, 3.63) is 53.4 Å². The predicted octanol–water partition coefficient (Wildman–Crippen LogP) is 3.19. The van der Waals surface area contributed by atoms with Crippen LogP contribution in [0.4, 0.5) is 0 Å². The third-order valence-corrected chi connectivity index (χ3v) is 5.72. The number of rotatable bonds is 9. The normalized spacial score (nSPS) is 17.6. The van der Waals surface area contributed by atoms with Gasteiger partial charge in [-0.2, -0.15) is 5.21 Å². The van der Waals surface area contributed by atoms with E-state index in [1.54, 1.807) is 0 Å². The summed E-state index contributed by atoms with van der Waals surface area (Å²) in [6.07, 6.45) is 8.44. The highest BCUT2D eigenvalue weighted by molar-refractivity contribution is 5.77. The first-order valence-corrected chi connectivity index (χ1v) is 11.5. The second-order valence-corrected chi connectivity index (χ2v) is 8.57. The van der Waals surface area contributed by atoms with Crippen molar-refractivity contribution in [2.24, 2.45) is 0 Å². The number of H-pyrrole nitrogens is 1. The first-order chi connectivity index (χ1) is 15.5. The molecule has 32 heavy (non-hydrogen) atoms. The lowest BCUT2D eigenvalue weighted by molar-refractivity contribution is -0.134. The molecule has 2 atom stereocenters. The monoisotopic (exact) mass is 435 g/mol. The molecule has 2 heterocycles. The number of aryl methyl sites for hydroxylation is 1. The first kappa shape index (κ1) is 23.7. The molecule has 2 aromatic rings. The molecule has 2 N–H and O–H groups in total. The largest absolute Gasteiger partial charge is 0.389 e. The molecule has 1 saturated heterocycles. The van der Waals surface area contributed by atoms with Crippen LogP contribution in [-0.4, -0.2) is 55.2 Å². The van der Waals surface area contributed by atoms with E-state index in [4.69, 9.17) is 0 Å². The van der Waals surface area contributed by atoms with Gasteiger partial charge < -0.3 is 10.0 Å². The highest BCUT2D eigenvalue weighted by Crippen LogP contribution is 2.20. The maximum atomic E-state index is 12.4. The van der Waals surface area contributed by atoms with Gasteiger partial charge in [-0.05, 0) is 36.3 Å². The number of nitrogens with one attached hydrogen (secondary N) is 1. The van der Waals surface area contributed by atoms with Crippen LogP contribution in [0.1, 0.15) is 68.8 Å². The average molecular weight is 436 g/mol. The Balaban J connectivity index is 1.48. The van der Waals surface area contributed by atoms with Crippen LogP contribution in [0.3, 0.4) is 0 Å². The Bertz CT molecular complexity index is 925. The summed E-state index contributed by atoms with van der Waals surface area (Å²) in [6.45, 7) is 4.76. The number of amides is 1. The van der Waals surface area contributed by atoms with Gasteiger partial charge in [0.1, 0.15) is 0 Å². The number of likely N-dealkylation sites (tertiary alicyclic amines) is 1. The molecule has 1 aliphatic rings. The topological polar surface area (TPSA) is 95.0 Å². The van der Waals surface area contributed by atoms with Gasteiger partial charge in [-0.25, -0.2) is 0 Å². The lowest BCUT2D eigenvalue weighted by Crippen LogP contribution is -2.42. The number of carbonyl (C=O) groups is 1. The molecule has 0 spiro atoms. The molecule has 1 aliphatic heterocycles. The second kappa shape index (κ2) is 12.2. The molecule has 3 rings (SSSR count). The number of carbonyl (C=O) groups excluding carboxylic acids is 1. The van der Waals surface area contributed by atoms with E-state index in [-0.39, 0.29) is 11.9 Å². The van der Waals surface area contributed by atoms with Gasteiger partial charge in [0, 0.05) is 25.7 Å². The summed E-state index contributed by atoms with van der Waals surface area (Å²) in [4.78, 5) is 14.3. The van der Waals surface area contributed by atoms with Crippen molar-refractivity contribution in [3.8, 4) is 11.8 Å². The van der Waals surface area contributed by atoms with Crippen LogP contribution in [0, 0.1) is 11.8 Å². The number of aliphatic hydroxyl groups is 1. The molecule has 1 aromatic carbocycles. The fourth-order valence-corrected chi connectivity index (χ4v) is 3.81. The number of nitrogens with zero attached hydrogens (tertiary/aromatic N) is 4. The summed E-state index contributed by atoms with van der Waals surface area (Å²) in [7, 11) is 0. The standard InChI is InChI=1S/C25H33N5O2/c1-19(2)21-13-11-20(12-14-21)18-23(31)16-15-22-8-7-10-25(32)30(22)17-6-4-3-5-9-24-26-28-29-27-24/h11-16,19,22-23,31H,3,5,7-10,17-18H2,1-2H3,(H,26,27,28,29)/b16-15+/t22-,23?/m1/s1. The van der Waals surface area contributed by atoms with E-state index in [0.29, 0.717) is 31.1 Å². The van der Waals surface area contributed by atoms with E-state index in [0.717, 1.165) is 37.7 Å². The van der Waals surface area contributed by atoms with Crippen LogP contribution < -0.4 is 0 Å². The Hall–Kier alpha value is -2.98. The summed E-state index contributed by atoms with van der Waals surface area (Å²) in [5.41, 5.74) is 2.40. The molecule has 1 fully saturated rings. The van der Waals surface area contributed by atoms with Gasteiger partial charge in [-0.15, -0.1) is 16.1 Å². The third-order valence-electron chi connectivity index (χ3n) is 5.72. The van der Waals surface area contributed by atoms with Gasteiger partial charge in [-0.3, -0.25) is 4.79 Å². The smallest absolute Gasteiger partial charge is 0.223 e. The number of unbranched alkanes of at least 4 members (excludes halogenated alkanes) is 1. The van der Waals surface area contributed by atoms with Crippen LogP contribution in [0.5, 0.6) is 0 Å². The van der Waals surface area contributed by atoms with Crippen molar-refractivity contribution >= 4 is 5.91 Å². The molecule has 0 aliphatic carbocycles. The number of tetrazole rings is 1. The molecule has 170 valence electrons. The molecule has 0 saturated carbocycles. The minimum absolute atomic E-state index is 0.0113. The van der Waals surface area contributed by atoms with Gasteiger partial charge in [0.25, 0.3) is 0 Å². The van der Waals surface area contributed by atoms with Crippen molar-refractivity contribution in [2.45, 2.75) is 76.9 Å². The van der Waals surface area contributed by atoms with E-state index < -0.39 is 6.10 Å². The zero-order valence-electron chi connectivity index (χ0n) is 19.0. The van der Waals surface area contributed by atoms with E-state index in [9.17, 15) is 9.90 Å². The number of aromatic amines is 1. The van der Waals surface area contributed by atoms with Crippen molar-refractivity contribution in [2.75, 3.05) is 6.54 Å². The first-order valence-electron chi connectivity index (χ1n) is 11.5. The number of piperidine rings is 1. The summed E-state index contributed by atoms with van der Waals surface area (Å²) in [5.74, 6) is 7.59. The van der Waals surface area contributed by atoms with E-state index in [1.807, 2.05) is 17.1 Å². The molecule has 7 nitrogen and oxygen atoms in total. The fraction of sp³-hybridized carbons (Fsp3) is 0.520. The Labute approximate surface area is 190 Å². The maximum absolute atomic E-state index is 12.4. The summed E-state index contributed by atoms with van der Waals surface area (Å²) < 4.78 is 0.